The van der Waals surface area contributed by atoms with Gasteiger partial charge in [-0.15, -0.1) is 0 Å². The fourth-order valence-electron chi connectivity index (χ4n) is 4.03. The maximum absolute atomic E-state index is 12.9. The molecule has 2 amide bonds. The van der Waals surface area contributed by atoms with Crippen molar-refractivity contribution >= 4 is 29.1 Å². The summed E-state index contributed by atoms with van der Waals surface area (Å²) < 4.78 is 0. The van der Waals surface area contributed by atoms with E-state index in [0.29, 0.717) is 5.91 Å². The molecule has 1 aromatic rings. The minimum atomic E-state index is 0.0836. The lowest BCUT2D eigenvalue weighted by molar-refractivity contribution is -0.141. The summed E-state index contributed by atoms with van der Waals surface area (Å²) in [4.78, 5) is 31.3. The minimum Gasteiger partial charge on any atom is -0.368 e. The number of carbonyl (C=O) groups excluding carboxylic acids is 2. The molecule has 26 heavy (non-hydrogen) atoms. The van der Waals surface area contributed by atoms with Crippen molar-refractivity contribution in [2.75, 3.05) is 44.2 Å². The standard InChI is InChI=1S/C20H26ClN3O2/c21-17-3-5-18(6-4-17)22-11-13-24(14-12-22)20(26)16-7-9-23(10-8-16)19(25)15-1-2-15/h3-6,15-16H,1-2,7-14H2. The van der Waals surface area contributed by atoms with Crippen LogP contribution in [-0.2, 0) is 9.59 Å². The molecule has 4 rings (SSSR count). The highest BCUT2D eigenvalue weighted by molar-refractivity contribution is 6.30. The van der Waals surface area contributed by atoms with E-state index in [0.717, 1.165) is 75.7 Å². The van der Waals surface area contributed by atoms with Crippen molar-refractivity contribution in [3.63, 3.8) is 0 Å². The number of likely N-dealkylation sites (tertiary alicyclic amines) is 1. The number of rotatable bonds is 3. The van der Waals surface area contributed by atoms with Crippen molar-refractivity contribution in [1.82, 2.24) is 9.80 Å². The highest BCUT2D eigenvalue weighted by Gasteiger charge is 2.37. The largest absolute Gasteiger partial charge is 0.368 e. The van der Waals surface area contributed by atoms with Crippen LogP contribution in [0.25, 0.3) is 0 Å². The van der Waals surface area contributed by atoms with E-state index < -0.39 is 0 Å². The van der Waals surface area contributed by atoms with Gasteiger partial charge in [-0.2, -0.15) is 0 Å². The van der Waals surface area contributed by atoms with Crippen molar-refractivity contribution in [3.05, 3.63) is 29.3 Å². The Kier molecular flexibility index (Phi) is 5.07. The molecule has 2 heterocycles. The first-order chi connectivity index (χ1) is 12.6. The number of halogens is 1. The summed E-state index contributed by atoms with van der Waals surface area (Å²) in [7, 11) is 0. The van der Waals surface area contributed by atoms with E-state index in [2.05, 4.69) is 4.90 Å². The van der Waals surface area contributed by atoms with Gasteiger partial charge >= 0.3 is 0 Å². The summed E-state index contributed by atoms with van der Waals surface area (Å²) in [6, 6.07) is 7.88. The quantitative estimate of drug-likeness (QED) is 0.815. The first-order valence-corrected chi connectivity index (χ1v) is 10.1. The Hall–Kier alpha value is -1.75. The van der Waals surface area contributed by atoms with Gasteiger partial charge in [0, 0.05) is 61.8 Å². The zero-order valence-electron chi connectivity index (χ0n) is 15.1. The fraction of sp³-hybridized carbons (Fsp3) is 0.600. The van der Waals surface area contributed by atoms with E-state index in [1.807, 2.05) is 34.1 Å². The molecular formula is C20H26ClN3O2. The summed E-state index contributed by atoms with van der Waals surface area (Å²) in [6.07, 6.45) is 3.73. The molecule has 1 aliphatic carbocycles. The van der Waals surface area contributed by atoms with Gasteiger partial charge in [0.15, 0.2) is 0 Å². The number of piperazine rings is 1. The van der Waals surface area contributed by atoms with E-state index in [4.69, 9.17) is 11.6 Å². The summed E-state index contributed by atoms with van der Waals surface area (Å²) in [5, 5.41) is 0.745. The average Bonchev–Trinajstić information content (AvgIpc) is 3.53. The molecule has 0 aromatic heterocycles. The predicted octanol–water partition coefficient (Wildman–Crippen LogP) is 2.64. The van der Waals surface area contributed by atoms with Crippen molar-refractivity contribution < 1.29 is 9.59 Å². The van der Waals surface area contributed by atoms with Gasteiger partial charge in [0.1, 0.15) is 0 Å². The number of hydrogen-bond acceptors (Lipinski definition) is 3. The molecular weight excluding hydrogens is 350 g/mol. The third kappa shape index (κ3) is 3.83. The Morgan fingerprint density at radius 1 is 0.731 bits per heavy atom. The van der Waals surface area contributed by atoms with Gasteiger partial charge in [0.05, 0.1) is 0 Å². The van der Waals surface area contributed by atoms with Crippen molar-refractivity contribution in [2.45, 2.75) is 25.7 Å². The third-order valence-corrected chi connectivity index (χ3v) is 6.12. The highest BCUT2D eigenvalue weighted by atomic mass is 35.5. The van der Waals surface area contributed by atoms with Crippen molar-refractivity contribution in [3.8, 4) is 0 Å². The van der Waals surface area contributed by atoms with Gasteiger partial charge in [0.25, 0.3) is 0 Å². The topological polar surface area (TPSA) is 43.9 Å². The maximum Gasteiger partial charge on any atom is 0.225 e. The van der Waals surface area contributed by atoms with Crippen LogP contribution in [0.4, 0.5) is 5.69 Å². The molecule has 2 saturated heterocycles. The normalized spacial score (nSPS) is 21.8. The maximum atomic E-state index is 12.9. The van der Waals surface area contributed by atoms with E-state index in [1.54, 1.807) is 0 Å². The molecule has 3 fully saturated rings. The third-order valence-electron chi connectivity index (χ3n) is 5.87. The molecule has 0 atom stereocenters. The Morgan fingerprint density at radius 3 is 1.77 bits per heavy atom. The molecule has 0 unspecified atom stereocenters. The molecule has 6 heteroatoms. The molecule has 3 aliphatic rings. The number of amides is 2. The number of hydrogen-bond donors (Lipinski definition) is 0. The molecule has 1 aromatic carbocycles. The summed E-state index contributed by atoms with van der Waals surface area (Å²) in [5.74, 6) is 0.954. The second kappa shape index (κ2) is 7.47. The van der Waals surface area contributed by atoms with Crippen LogP contribution < -0.4 is 4.90 Å². The highest BCUT2D eigenvalue weighted by Crippen LogP contribution is 2.32. The first kappa shape index (κ1) is 17.7. The lowest BCUT2D eigenvalue weighted by atomic mass is 9.94. The second-order valence-electron chi connectivity index (χ2n) is 7.66. The van der Waals surface area contributed by atoms with Crippen LogP contribution in [-0.4, -0.2) is 60.9 Å². The van der Waals surface area contributed by atoms with Gasteiger partial charge in [-0.3, -0.25) is 9.59 Å². The van der Waals surface area contributed by atoms with Gasteiger partial charge in [-0.25, -0.2) is 0 Å². The minimum absolute atomic E-state index is 0.0836. The molecule has 140 valence electrons. The molecule has 0 bridgehead atoms. The summed E-state index contributed by atoms with van der Waals surface area (Å²) in [6.45, 7) is 4.73. The number of carbonyl (C=O) groups is 2. The van der Waals surface area contributed by atoms with Crippen LogP contribution in [0.1, 0.15) is 25.7 Å². The zero-order chi connectivity index (χ0) is 18.1. The summed E-state index contributed by atoms with van der Waals surface area (Å²) >= 11 is 5.96. The Bertz CT molecular complexity index is 658. The second-order valence-corrected chi connectivity index (χ2v) is 8.10. The predicted molar refractivity (Wildman–Crippen MR) is 102 cm³/mol. The monoisotopic (exact) mass is 375 g/mol. The molecule has 5 nitrogen and oxygen atoms in total. The van der Waals surface area contributed by atoms with E-state index >= 15 is 0 Å². The van der Waals surface area contributed by atoms with Crippen LogP contribution in [0.2, 0.25) is 5.02 Å². The van der Waals surface area contributed by atoms with E-state index in [1.165, 1.54) is 0 Å². The molecule has 0 radical (unpaired) electrons. The Balaban J connectivity index is 1.26. The molecule has 1 saturated carbocycles. The fourth-order valence-corrected chi connectivity index (χ4v) is 4.16. The Labute approximate surface area is 159 Å². The van der Waals surface area contributed by atoms with Crippen LogP contribution in [0.3, 0.4) is 0 Å². The van der Waals surface area contributed by atoms with Gasteiger partial charge in [-0.1, -0.05) is 11.6 Å². The summed E-state index contributed by atoms with van der Waals surface area (Å²) in [5.41, 5.74) is 1.16. The van der Waals surface area contributed by atoms with Gasteiger partial charge < -0.3 is 14.7 Å². The number of piperidine rings is 1. The number of nitrogens with zero attached hydrogens (tertiary/aromatic N) is 3. The van der Waals surface area contributed by atoms with E-state index in [9.17, 15) is 9.59 Å². The van der Waals surface area contributed by atoms with Crippen LogP contribution in [0, 0.1) is 11.8 Å². The van der Waals surface area contributed by atoms with E-state index in [-0.39, 0.29) is 17.7 Å². The van der Waals surface area contributed by atoms with Crippen LogP contribution in [0.15, 0.2) is 24.3 Å². The Morgan fingerprint density at radius 2 is 1.23 bits per heavy atom. The smallest absolute Gasteiger partial charge is 0.225 e. The average molecular weight is 376 g/mol. The van der Waals surface area contributed by atoms with Gasteiger partial charge in [0.2, 0.25) is 11.8 Å². The zero-order valence-corrected chi connectivity index (χ0v) is 15.8. The molecule has 0 spiro atoms. The number of benzene rings is 1. The van der Waals surface area contributed by atoms with Crippen molar-refractivity contribution in [2.24, 2.45) is 11.8 Å². The first-order valence-electron chi connectivity index (χ1n) is 9.70. The van der Waals surface area contributed by atoms with Crippen molar-refractivity contribution in [1.29, 1.82) is 0 Å². The lowest BCUT2D eigenvalue weighted by Gasteiger charge is -2.39. The van der Waals surface area contributed by atoms with Crippen LogP contribution in [0.5, 0.6) is 0 Å². The molecule has 2 aliphatic heterocycles. The lowest BCUT2D eigenvalue weighted by Crippen LogP contribution is -2.52. The SMILES string of the molecule is O=C(C1CC1)N1CCC(C(=O)N2CCN(c3ccc(Cl)cc3)CC2)CC1. The van der Waals surface area contributed by atoms with Gasteiger partial charge in [-0.05, 0) is 49.9 Å². The van der Waals surface area contributed by atoms with Crippen LogP contribution >= 0.6 is 11.6 Å². The molecule has 0 N–H and O–H groups in total. The number of anilines is 1.